The third-order valence-electron chi connectivity index (χ3n) is 4.98. The van der Waals surface area contributed by atoms with Crippen LogP contribution in [0, 0.1) is 25.1 Å². The standard InChI is InChI=1S/C21H22FNO3/c1-14-11-17(22)12-15(2)18(14)23-19(24)21(9-6-10-21)20(25)26-13-16-7-4-3-5-8-16/h3-5,7-8,11-12H,6,9-10,13H2,1-2H3,(H,23,24). The van der Waals surface area contributed by atoms with Crippen LogP contribution in [0.25, 0.3) is 0 Å². The average Bonchev–Trinajstić information content (AvgIpc) is 2.56. The zero-order chi connectivity index (χ0) is 18.7. The quantitative estimate of drug-likeness (QED) is 0.643. The maximum Gasteiger partial charge on any atom is 0.321 e. The number of rotatable bonds is 5. The van der Waals surface area contributed by atoms with Crippen LogP contribution in [-0.2, 0) is 20.9 Å². The van der Waals surface area contributed by atoms with E-state index in [-0.39, 0.29) is 18.3 Å². The van der Waals surface area contributed by atoms with E-state index in [1.807, 2.05) is 30.3 Å². The van der Waals surface area contributed by atoms with Gasteiger partial charge in [0.2, 0.25) is 5.91 Å². The minimum absolute atomic E-state index is 0.142. The second kappa shape index (κ2) is 7.28. The van der Waals surface area contributed by atoms with Crippen molar-refractivity contribution in [2.45, 2.75) is 39.7 Å². The number of hydrogen-bond donors (Lipinski definition) is 1. The van der Waals surface area contributed by atoms with Crippen molar-refractivity contribution >= 4 is 17.6 Å². The van der Waals surface area contributed by atoms with Gasteiger partial charge in [-0.25, -0.2) is 4.39 Å². The molecule has 136 valence electrons. The van der Waals surface area contributed by atoms with Gasteiger partial charge in [0.05, 0.1) is 0 Å². The summed E-state index contributed by atoms with van der Waals surface area (Å²) in [5.41, 5.74) is 1.53. The molecule has 0 radical (unpaired) electrons. The van der Waals surface area contributed by atoms with E-state index < -0.39 is 11.4 Å². The minimum atomic E-state index is -1.15. The highest BCUT2D eigenvalue weighted by atomic mass is 19.1. The molecule has 1 aliphatic rings. The first-order valence-corrected chi connectivity index (χ1v) is 8.72. The molecule has 2 aromatic rings. The molecule has 1 amide bonds. The topological polar surface area (TPSA) is 55.4 Å². The van der Waals surface area contributed by atoms with Crippen LogP contribution in [0.3, 0.4) is 0 Å². The number of aryl methyl sites for hydroxylation is 2. The van der Waals surface area contributed by atoms with Crippen LogP contribution in [0.4, 0.5) is 10.1 Å². The molecular weight excluding hydrogens is 333 g/mol. The zero-order valence-electron chi connectivity index (χ0n) is 15.0. The Morgan fingerprint density at radius 3 is 2.27 bits per heavy atom. The first-order valence-electron chi connectivity index (χ1n) is 8.72. The summed E-state index contributed by atoms with van der Waals surface area (Å²) in [6.45, 7) is 3.60. The number of carbonyl (C=O) groups excluding carboxylic acids is 2. The van der Waals surface area contributed by atoms with Gasteiger partial charge in [-0.2, -0.15) is 0 Å². The summed E-state index contributed by atoms with van der Waals surface area (Å²) in [5.74, 6) is -1.22. The monoisotopic (exact) mass is 355 g/mol. The maximum atomic E-state index is 13.5. The molecule has 0 unspecified atom stereocenters. The number of anilines is 1. The van der Waals surface area contributed by atoms with Crippen molar-refractivity contribution in [1.82, 2.24) is 0 Å². The molecule has 4 nitrogen and oxygen atoms in total. The second-order valence-electron chi connectivity index (χ2n) is 6.87. The van der Waals surface area contributed by atoms with Crippen molar-refractivity contribution in [2.24, 2.45) is 5.41 Å². The van der Waals surface area contributed by atoms with E-state index in [0.29, 0.717) is 29.7 Å². The molecule has 0 aromatic heterocycles. The molecule has 0 heterocycles. The molecule has 0 atom stereocenters. The summed E-state index contributed by atoms with van der Waals surface area (Å²) in [4.78, 5) is 25.5. The Kier molecular flexibility index (Phi) is 5.07. The van der Waals surface area contributed by atoms with Gasteiger partial charge in [0.15, 0.2) is 0 Å². The fourth-order valence-electron chi connectivity index (χ4n) is 3.26. The second-order valence-corrected chi connectivity index (χ2v) is 6.87. The number of amides is 1. The Hall–Kier alpha value is -2.69. The fraction of sp³-hybridized carbons (Fsp3) is 0.333. The number of nitrogens with one attached hydrogen (secondary N) is 1. The molecule has 0 spiro atoms. The van der Waals surface area contributed by atoms with E-state index in [4.69, 9.17) is 4.74 Å². The van der Waals surface area contributed by atoms with Gasteiger partial charge in [-0.05, 0) is 55.5 Å². The average molecular weight is 355 g/mol. The van der Waals surface area contributed by atoms with Gasteiger partial charge < -0.3 is 10.1 Å². The summed E-state index contributed by atoms with van der Waals surface area (Å²) in [6, 6.07) is 12.1. The molecule has 3 rings (SSSR count). The summed E-state index contributed by atoms with van der Waals surface area (Å²) >= 11 is 0. The summed E-state index contributed by atoms with van der Waals surface area (Å²) in [6.07, 6.45) is 1.73. The molecule has 1 fully saturated rings. The highest BCUT2D eigenvalue weighted by Crippen LogP contribution is 2.43. The first-order chi connectivity index (χ1) is 12.4. The Morgan fingerprint density at radius 2 is 1.73 bits per heavy atom. The minimum Gasteiger partial charge on any atom is -0.460 e. The van der Waals surface area contributed by atoms with E-state index in [9.17, 15) is 14.0 Å². The number of carbonyl (C=O) groups is 2. The van der Waals surface area contributed by atoms with Crippen LogP contribution in [-0.4, -0.2) is 11.9 Å². The molecule has 1 aliphatic carbocycles. The number of esters is 1. The molecule has 2 aromatic carbocycles. The van der Waals surface area contributed by atoms with Crippen molar-refractivity contribution in [1.29, 1.82) is 0 Å². The van der Waals surface area contributed by atoms with Crippen LogP contribution in [0.15, 0.2) is 42.5 Å². The Bertz CT molecular complexity index is 805. The molecule has 1 N–H and O–H groups in total. The molecule has 26 heavy (non-hydrogen) atoms. The smallest absolute Gasteiger partial charge is 0.321 e. The molecule has 0 saturated heterocycles. The highest BCUT2D eigenvalue weighted by molar-refractivity contribution is 6.10. The SMILES string of the molecule is Cc1cc(F)cc(C)c1NC(=O)C1(C(=O)OCc2ccccc2)CCC1. The number of ether oxygens (including phenoxy) is 1. The van der Waals surface area contributed by atoms with E-state index in [1.54, 1.807) is 13.8 Å². The van der Waals surface area contributed by atoms with Crippen LogP contribution < -0.4 is 5.32 Å². The van der Waals surface area contributed by atoms with Crippen LogP contribution in [0.1, 0.15) is 36.0 Å². The number of benzene rings is 2. The van der Waals surface area contributed by atoms with Gasteiger partial charge in [0.25, 0.3) is 0 Å². The summed E-state index contributed by atoms with van der Waals surface area (Å²) < 4.78 is 18.9. The lowest BCUT2D eigenvalue weighted by Crippen LogP contribution is -2.49. The predicted octanol–water partition coefficient (Wildman–Crippen LogP) is 4.29. The fourth-order valence-corrected chi connectivity index (χ4v) is 3.26. The van der Waals surface area contributed by atoms with Gasteiger partial charge in [-0.15, -0.1) is 0 Å². The van der Waals surface area contributed by atoms with Crippen LogP contribution >= 0.6 is 0 Å². The molecule has 0 aliphatic heterocycles. The van der Waals surface area contributed by atoms with Crippen molar-refractivity contribution < 1.29 is 18.7 Å². The summed E-state index contributed by atoms with van der Waals surface area (Å²) in [7, 11) is 0. The van der Waals surface area contributed by atoms with Crippen molar-refractivity contribution in [3.8, 4) is 0 Å². The lowest BCUT2D eigenvalue weighted by molar-refractivity contribution is -0.166. The van der Waals surface area contributed by atoms with E-state index in [2.05, 4.69) is 5.32 Å². The lowest BCUT2D eigenvalue weighted by Gasteiger charge is -2.37. The Balaban J connectivity index is 1.73. The Labute approximate surface area is 152 Å². The number of hydrogen-bond acceptors (Lipinski definition) is 3. The molecule has 0 bridgehead atoms. The largest absolute Gasteiger partial charge is 0.460 e. The van der Waals surface area contributed by atoms with Crippen molar-refractivity contribution in [3.63, 3.8) is 0 Å². The van der Waals surface area contributed by atoms with Gasteiger partial charge >= 0.3 is 5.97 Å². The van der Waals surface area contributed by atoms with Gasteiger partial charge in [0, 0.05) is 5.69 Å². The molecule has 1 saturated carbocycles. The first kappa shape index (κ1) is 18.1. The Morgan fingerprint density at radius 1 is 1.12 bits per heavy atom. The normalized spacial score (nSPS) is 15.0. The summed E-state index contributed by atoms with van der Waals surface area (Å²) in [5, 5.41) is 2.82. The zero-order valence-corrected chi connectivity index (χ0v) is 15.0. The third-order valence-corrected chi connectivity index (χ3v) is 4.98. The van der Waals surface area contributed by atoms with Crippen molar-refractivity contribution in [2.75, 3.05) is 5.32 Å². The van der Waals surface area contributed by atoms with Gasteiger partial charge in [-0.3, -0.25) is 9.59 Å². The predicted molar refractivity (Wildman–Crippen MR) is 97.0 cm³/mol. The van der Waals surface area contributed by atoms with Gasteiger partial charge in [-0.1, -0.05) is 36.8 Å². The van der Waals surface area contributed by atoms with Crippen LogP contribution in [0.2, 0.25) is 0 Å². The maximum absolute atomic E-state index is 13.5. The third kappa shape index (κ3) is 3.47. The molecular formula is C21H22FNO3. The highest BCUT2D eigenvalue weighted by Gasteiger charge is 2.52. The van der Waals surface area contributed by atoms with E-state index in [1.165, 1.54) is 12.1 Å². The van der Waals surface area contributed by atoms with E-state index >= 15 is 0 Å². The molecule has 5 heteroatoms. The lowest BCUT2D eigenvalue weighted by atomic mass is 9.68. The van der Waals surface area contributed by atoms with E-state index in [0.717, 1.165) is 12.0 Å². The van der Waals surface area contributed by atoms with Crippen LogP contribution in [0.5, 0.6) is 0 Å². The van der Waals surface area contributed by atoms with Gasteiger partial charge in [0.1, 0.15) is 17.8 Å². The van der Waals surface area contributed by atoms with Crippen molar-refractivity contribution in [3.05, 3.63) is 65.0 Å². The number of halogens is 1.